The Morgan fingerprint density at radius 3 is 2.30 bits per heavy atom. The minimum Gasteiger partial charge on any atom is -0.366 e. The third kappa shape index (κ3) is 3.08. The Bertz CT molecular complexity index is 663. The average Bonchev–Trinajstić information content (AvgIpc) is 2.47. The van der Waals surface area contributed by atoms with Gasteiger partial charge in [0.05, 0.1) is 0 Å². The summed E-state index contributed by atoms with van der Waals surface area (Å²) in [7, 11) is 0. The van der Waals surface area contributed by atoms with Crippen LogP contribution in [0.5, 0.6) is 0 Å². The van der Waals surface area contributed by atoms with E-state index in [2.05, 4.69) is 5.32 Å². The van der Waals surface area contributed by atoms with E-state index < -0.39 is 5.91 Å². The molecule has 0 saturated carbocycles. The van der Waals surface area contributed by atoms with Gasteiger partial charge in [-0.3, -0.25) is 14.4 Å². The van der Waals surface area contributed by atoms with Gasteiger partial charge in [-0.25, -0.2) is 0 Å². The first kappa shape index (κ1) is 13.5. The Hall–Kier alpha value is -2.95. The molecule has 0 heterocycles. The molecule has 0 spiro atoms. The number of hydrogen-bond acceptors (Lipinski definition) is 3. The zero-order chi connectivity index (χ0) is 14.5. The Morgan fingerprint density at radius 2 is 1.70 bits per heavy atom. The van der Waals surface area contributed by atoms with E-state index in [1.54, 1.807) is 30.3 Å². The van der Waals surface area contributed by atoms with Gasteiger partial charge in [0.25, 0.3) is 5.91 Å². The number of hydrogen-bond donors (Lipinski definition) is 2. The zero-order valence-corrected chi connectivity index (χ0v) is 10.5. The monoisotopic (exact) mass is 268 g/mol. The lowest BCUT2D eigenvalue weighted by atomic mass is 10.1. The molecule has 0 unspecified atom stereocenters. The van der Waals surface area contributed by atoms with E-state index in [0.717, 1.165) is 0 Å². The summed E-state index contributed by atoms with van der Waals surface area (Å²) in [4.78, 5) is 33.6. The van der Waals surface area contributed by atoms with Gasteiger partial charge in [-0.1, -0.05) is 12.1 Å². The van der Waals surface area contributed by atoms with Crippen LogP contribution in [0.3, 0.4) is 0 Å². The van der Waals surface area contributed by atoms with E-state index in [1.165, 1.54) is 18.2 Å². The molecule has 2 aromatic rings. The van der Waals surface area contributed by atoms with Gasteiger partial charge in [0.15, 0.2) is 0 Å². The van der Waals surface area contributed by atoms with Gasteiger partial charge < -0.3 is 11.1 Å². The minimum atomic E-state index is -0.526. The van der Waals surface area contributed by atoms with Crippen molar-refractivity contribution in [2.45, 2.75) is 0 Å². The van der Waals surface area contributed by atoms with Gasteiger partial charge in [0, 0.05) is 22.4 Å². The summed E-state index contributed by atoms with van der Waals surface area (Å²) >= 11 is 0. The molecule has 0 aliphatic carbocycles. The molecule has 0 aromatic heterocycles. The second-order valence-electron chi connectivity index (χ2n) is 4.14. The lowest BCUT2D eigenvalue weighted by Crippen LogP contribution is -2.13. The number of anilines is 1. The SMILES string of the molecule is NC(=O)c1ccc(NC(=O)c2cccc(C=O)c2)cc1. The van der Waals surface area contributed by atoms with Crippen LogP contribution in [0.2, 0.25) is 0 Å². The molecule has 0 bridgehead atoms. The van der Waals surface area contributed by atoms with Crippen LogP contribution >= 0.6 is 0 Å². The van der Waals surface area contributed by atoms with E-state index in [0.29, 0.717) is 28.7 Å². The Labute approximate surface area is 115 Å². The third-order valence-electron chi connectivity index (χ3n) is 2.71. The molecule has 3 N–H and O–H groups in total. The molecule has 0 atom stereocenters. The van der Waals surface area contributed by atoms with Crippen molar-refractivity contribution in [3.05, 3.63) is 65.2 Å². The first-order chi connectivity index (χ1) is 9.60. The summed E-state index contributed by atoms with van der Waals surface area (Å²) in [6.45, 7) is 0. The van der Waals surface area contributed by atoms with Gasteiger partial charge in [-0.2, -0.15) is 0 Å². The molecule has 2 aromatic carbocycles. The number of nitrogens with one attached hydrogen (secondary N) is 1. The average molecular weight is 268 g/mol. The van der Waals surface area contributed by atoms with Crippen molar-refractivity contribution in [2.24, 2.45) is 5.73 Å². The summed E-state index contributed by atoms with van der Waals surface area (Å²) in [5.74, 6) is -0.859. The fraction of sp³-hybridized carbons (Fsp3) is 0. The Balaban J connectivity index is 2.14. The van der Waals surface area contributed by atoms with Crippen molar-refractivity contribution in [1.82, 2.24) is 0 Å². The summed E-state index contributed by atoms with van der Waals surface area (Å²) in [5, 5.41) is 2.67. The Morgan fingerprint density at radius 1 is 1.00 bits per heavy atom. The quantitative estimate of drug-likeness (QED) is 0.829. The molecule has 0 fully saturated rings. The lowest BCUT2D eigenvalue weighted by molar-refractivity contribution is 0.0998. The van der Waals surface area contributed by atoms with E-state index in [4.69, 9.17) is 5.73 Å². The highest BCUT2D eigenvalue weighted by molar-refractivity contribution is 6.05. The standard InChI is InChI=1S/C15H12N2O3/c16-14(19)11-4-6-13(7-5-11)17-15(20)12-3-1-2-10(8-12)9-18/h1-9H,(H2,16,19)(H,17,20). The molecule has 0 aliphatic rings. The molecule has 0 radical (unpaired) electrons. The largest absolute Gasteiger partial charge is 0.366 e. The maximum Gasteiger partial charge on any atom is 0.255 e. The van der Waals surface area contributed by atoms with Crippen LogP contribution in [0.25, 0.3) is 0 Å². The molecule has 0 saturated heterocycles. The van der Waals surface area contributed by atoms with Crippen molar-refractivity contribution < 1.29 is 14.4 Å². The van der Waals surface area contributed by atoms with Crippen LogP contribution in [0, 0.1) is 0 Å². The normalized spacial score (nSPS) is 9.80. The number of primary amides is 1. The maximum atomic E-state index is 12.0. The molecular formula is C15H12N2O3. The molecule has 0 aliphatic heterocycles. The predicted molar refractivity (Wildman–Crippen MR) is 74.7 cm³/mol. The van der Waals surface area contributed by atoms with Crippen molar-refractivity contribution in [3.63, 3.8) is 0 Å². The fourth-order valence-electron chi connectivity index (χ4n) is 1.67. The number of benzene rings is 2. The summed E-state index contributed by atoms with van der Waals surface area (Å²) in [6, 6.07) is 12.6. The van der Waals surface area contributed by atoms with Gasteiger partial charge in [-0.15, -0.1) is 0 Å². The van der Waals surface area contributed by atoms with Crippen LogP contribution in [0.1, 0.15) is 31.1 Å². The zero-order valence-electron chi connectivity index (χ0n) is 10.5. The highest BCUT2D eigenvalue weighted by Crippen LogP contribution is 2.12. The molecule has 20 heavy (non-hydrogen) atoms. The summed E-state index contributed by atoms with van der Waals surface area (Å²) in [6.07, 6.45) is 0.679. The number of carbonyl (C=O) groups excluding carboxylic acids is 3. The van der Waals surface area contributed by atoms with Gasteiger partial charge in [-0.05, 0) is 36.4 Å². The third-order valence-corrected chi connectivity index (χ3v) is 2.71. The van der Waals surface area contributed by atoms with Crippen molar-refractivity contribution in [1.29, 1.82) is 0 Å². The number of carbonyl (C=O) groups is 3. The van der Waals surface area contributed by atoms with Crippen molar-refractivity contribution in [3.8, 4) is 0 Å². The number of amides is 2. The molecule has 5 nitrogen and oxygen atoms in total. The summed E-state index contributed by atoms with van der Waals surface area (Å²) in [5.41, 5.74) is 6.85. The van der Waals surface area contributed by atoms with E-state index >= 15 is 0 Å². The second kappa shape index (κ2) is 5.79. The topological polar surface area (TPSA) is 89.3 Å². The van der Waals surface area contributed by atoms with Gasteiger partial charge in [0.2, 0.25) is 5.91 Å². The van der Waals surface area contributed by atoms with E-state index in [-0.39, 0.29) is 5.91 Å². The number of nitrogens with two attached hydrogens (primary N) is 1. The van der Waals surface area contributed by atoms with Crippen molar-refractivity contribution >= 4 is 23.8 Å². The van der Waals surface area contributed by atoms with E-state index in [9.17, 15) is 14.4 Å². The van der Waals surface area contributed by atoms with Crippen LogP contribution in [-0.4, -0.2) is 18.1 Å². The number of rotatable bonds is 4. The molecule has 2 rings (SSSR count). The van der Waals surface area contributed by atoms with Crippen LogP contribution in [-0.2, 0) is 0 Å². The lowest BCUT2D eigenvalue weighted by Gasteiger charge is -2.06. The van der Waals surface area contributed by atoms with Crippen molar-refractivity contribution in [2.75, 3.05) is 5.32 Å². The second-order valence-corrected chi connectivity index (χ2v) is 4.14. The first-order valence-corrected chi connectivity index (χ1v) is 5.86. The predicted octanol–water partition coefficient (Wildman–Crippen LogP) is 1.85. The van der Waals surface area contributed by atoms with Crippen LogP contribution in [0.15, 0.2) is 48.5 Å². The Kier molecular flexibility index (Phi) is 3.91. The highest BCUT2D eigenvalue weighted by Gasteiger charge is 2.07. The summed E-state index contributed by atoms with van der Waals surface area (Å²) < 4.78 is 0. The van der Waals surface area contributed by atoms with E-state index in [1.807, 2.05) is 0 Å². The van der Waals surface area contributed by atoms with Crippen LogP contribution in [0.4, 0.5) is 5.69 Å². The van der Waals surface area contributed by atoms with Gasteiger partial charge in [0.1, 0.15) is 6.29 Å². The smallest absolute Gasteiger partial charge is 0.255 e. The van der Waals surface area contributed by atoms with Crippen LogP contribution < -0.4 is 11.1 Å². The van der Waals surface area contributed by atoms with Gasteiger partial charge >= 0.3 is 0 Å². The minimum absolute atomic E-state index is 0.333. The molecule has 100 valence electrons. The fourth-order valence-corrected chi connectivity index (χ4v) is 1.67. The maximum absolute atomic E-state index is 12.0. The highest BCUT2D eigenvalue weighted by atomic mass is 16.2. The molecular weight excluding hydrogens is 256 g/mol. The number of aldehydes is 1. The first-order valence-electron chi connectivity index (χ1n) is 5.86. The molecule has 5 heteroatoms. The molecule has 2 amide bonds.